The fourth-order valence-electron chi connectivity index (χ4n) is 2.30. The molecule has 0 aromatic carbocycles. The zero-order valence-corrected chi connectivity index (χ0v) is 12.7. The fourth-order valence-corrected chi connectivity index (χ4v) is 2.30. The number of aryl methyl sites for hydroxylation is 2. The topological polar surface area (TPSA) is 61.0 Å². The molecule has 1 atom stereocenters. The molecule has 0 saturated heterocycles. The Kier molecular flexibility index (Phi) is 6.95. The minimum absolute atomic E-state index is 0.0240. The Morgan fingerprint density at radius 2 is 1.79 bits per heavy atom. The molecular weight excluding hydrogens is 238 g/mol. The van der Waals surface area contributed by atoms with Gasteiger partial charge in [0.05, 0.1) is 0 Å². The van der Waals surface area contributed by atoms with Gasteiger partial charge in [-0.1, -0.05) is 13.3 Å². The Morgan fingerprint density at radius 1 is 1.16 bits per heavy atom. The van der Waals surface area contributed by atoms with Gasteiger partial charge in [0.1, 0.15) is 6.10 Å². The first-order chi connectivity index (χ1) is 9.13. The van der Waals surface area contributed by atoms with Gasteiger partial charge >= 0.3 is 0 Å². The van der Waals surface area contributed by atoms with Gasteiger partial charge in [0.25, 0.3) is 0 Å². The highest BCUT2D eigenvalue weighted by atomic mass is 16.5. The number of nitrogens with zero attached hydrogens (tertiary/aromatic N) is 2. The third kappa shape index (κ3) is 4.55. The molecule has 4 heteroatoms. The van der Waals surface area contributed by atoms with Crippen LogP contribution in [0.1, 0.15) is 62.0 Å². The van der Waals surface area contributed by atoms with Crippen molar-refractivity contribution in [2.24, 2.45) is 5.73 Å². The van der Waals surface area contributed by atoms with Crippen molar-refractivity contribution in [3.05, 3.63) is 22.8 Å². The molecule has 0 aliphatic carbocycles. The second kappa shape index (κ2) is 8.23. The maximum Gasteiger partial charge on any atom is 0.157 e. The highest BCUT2D eigenvalue weighted by Gasteiger charge is 2.16. The van der Waals surface area contributed by atoms with Gasteiger partial charge in [0, 0.05) is 18.0 Å². The summed E-state index contributed by atoms with van der Waals surface area (Å²) in [4.78, 5) is 9.30. The lowest BCUT2D eigenvalue weighted by Crippen LogP contribution is -2.13. The molecule has 2 N–H and O–H groups in total. The van der Waals surface area contributed by atoms with Crippen LogP contribution in [-0.2, 0) is 11.2 Å². The van der Waals surface area contributed by atoms with E-state index in [-0.39, 0.29) is 6.10 Å². The molecule has 4 nitrogen and oxygen atoms in total. The van der Waals surface area contributed by atoms with Gasteiger partial charge in [-0.25, -0.2) is 9.97 Å². The smallest absolute Gasteiger partial charge is 0.157 e. The van der Waals surface area contributed by atoms with Gasteiger partial charge in [0.15, 0.2) is 5.82 Å². The molecular formula is C15H27N3O. The maximum absolute atomic E-state index is 5.75. The van der Waals surface area contributed by atoms with Crippen molar-refractivity contribution in [2.45, 2.75) is 59.5 Å². The molecule has 0 spiro atoms. The minimum Gasteiger partial charge on any atom is -0.371 e. The average Bonchev–Trinajstić information content (AvgIpc) is 2.37. The summed E-state index contributed by atoms with van der Waals surface area (Å²) in [6.07, 6.45) is 4.00. The van der Waals surface area contributed by atoms with E-state index in [1.165, 1.54) is 5.56 Å². The third-order valence-corrected chi connectivity index (χ3v) is 3.28. The Morgan fingerprint density at radius 3 is 2.26 bits per heavy atom. The molecule has 0 bridgehead atoms. The first-order valence-electron chi connectivity index (χ1n) is 7.29. The molecule has 19 heavy (non-hydrogen) atoms. The van der Waals surface area contributed by atoms with E-state index < -0.39 is 0 Å². The lowest BCUT2D eigenvalue weighted by Gasteiger charge is -2.17. The highest BCUT2D eigenvalue weighted by molar-refractivity contribution is 5.25. The van der Waals surface area contributed by atoms with Crippen LogP contribution in [-0.4, -0.2) is 23.1 Å². The van der Waals surface area contributed by atoms with Crippen LogP contribution in [0.2, 0.25) is 0 Å². The summed E-state index contributed by atoms with van der Waals surface area (Å²) in [5, 5.41) is 0. The van der Waals surface area contributed by atoms with Gasteiger partial charge in [-0.05, 0) is 52.1 Å². The van der Waals surface area contributed by atoms with Gasteiger partial charge < -0.3 is 10.5 Å². The van der Waals surface area contributed by atoms with Crippen LogP contribution in [0.5, 0.6) is 0 Å². The van der Waals surface area contributed by atoms with Crippen LogP contribution in [0.4, 0.5) is 0 Å². The summed E-state index contributed by atoms with van der Waals surface area (Å²) < 4.78 is 5.75. The largest absolute Gasteiger partial charge is 0.371 e. The van der Waals surface area contributed by atoms with E-state index in [1.54, 1.807) is 0 Å². The first-order valence-corrected chi connectivity index (χ1v) is 7.29. The Bertz CT molecular complexity index is 364. The van der Waals surface area contributed by atoms with Gasteiger partial charge in [-0.2, -0.15) is 0 Å². The number of aromatic nitrogens is 2. The average molecular weight is 265 g/mol. The standard InChI is InChI=1S/C15H27N3O/c1-5-8-14(19-6-2)15-17-11(3)13(9-7-10-16)12(4)18-15/h14H,5-10,16H2,1-4H3. The quantitative estimate of drug-likeness (QED) is 0.785. The predicted molar refractivity (Wildman–Crippen MR) is 78.2 cm³/mol. The highest BCUT2D eigenvalue weighted by Crippen LogP contribution is 2.22. The van der Waals surface area contributed by atoms with Crippen LogP contribution < -0.4 is 5.73 Å². The third-order valence-electron chi connectivity index (χ3n) is 3.28. The Balaban J connectivity index is 2.97. The normalized spacial score (nSPS) is 12.7. The van der Waals surface area contributed by atoms with Crippen molar-refractivity contribution in [1.29, 1.82) is 0 Å². The SMILES string of the molecule is CCCC(OCC)c1nc(C)c(CCCN)c(C)n1. The lowest BCUT2D eigenvalue weighted by atomic mass is 10.1. The first kappa shape index (κ1) is 16.1. The molecule has 0 amide bonds. The molecule has 0 aliphatic rings. The molecule has 0 saturated carbocycles. The molecule has 0 fully saturated rings. The molecule has 0 aliphatic heterocycles. The van der Waals surface area contributed by atoms with Crippen LogP contribution in [0.25, 0.3) is 0 Å². The lowest BCUT2D eigenvalue weighted by molar-refractivity contribution is 0.0491. The monoisotopic (exact) mass is 265 g/mol. The predicted octanol–water partition coefficient (Wildman–Crippen LogP) is 2.86. The molecule has 1 unspecified atom stereocenters. The molecule has 1 heterocycles. The van der Waals surface area contributed by atoms with Crippen LogP contribution in [0, 0.1) is 13.8 Å². The second-order valence-corrected chi connectivity index (χ2v) is 4.86. The molecule has 1 rings (SSSR count). The molecule has 1 aromatic heterocycles. The molecule has 1 aromatic rings. The van der Waals surface area contributed by atoms with Crippen LogP contribution in [0.15, 0.2) is 0 Å². The zero-order chi connectivity index (χ0) is 14.3. The van der Waals surface area contributed by atoms with E-state index in [0.717, 1.165) is 42.9 Å². The van der Waals surface area contributed by atoms with Gasteiger partial charge in [0.2, 0.25) is 0 Å². The van der Waals surface area contributed by atoms with E-state index in [0.29, 0.717) is 13.2 Å². The van der Waals surface area contributed by atoms with Crippen molar-refractivity contribution >= 4 is 0 Å². The summed E-state index contributed by atoms with van der Waals surface area (Å²) in [7, 11) is 0. The number of ether oxygens (including phenoxy) is 1. The molecule has 0 radical (unpaired) electrons. The van der Waals surface area contributed by atoms with Crippen molar-refractivity contribution < 1.29 is 4.74 Å². The van der Waals surface area contributed by atoms with Gasteiger partial charge in [-0.15, -0.1) is 0 Å². The Hall–Kier alpha value is -1.00. The van der Waals surface area contributed by atoms with E-state index in [1.807, 2.05) is 6.92 Å². The summed E-state index contributed by atoms with van der Waals surface area (Å²) in [5.74, 6) is 0.829. The Labute approximate surface area is 116 Å². The summed E-state index contributed by atoms with van der Waals surface area (Å²) in [6, 6.07) is 0. The number of hydrogen-bond acceptors (Lipinski definition) is 4. The fraction of sp³-hybridized carbons (Fsp3) is 0.733. The summed E-state index contributed by atoms with van der Waals surface area (Å²) in [6.45, 7) is 9.68. The van der Waals surface area contributed by atoms with E-state index in [4.69, 9.17) is 10.5 Å². The van der Waals surface area contributed by atoms with Crippen molar-refractivity contribution in [3.63, 3.8) is 0 Å². The summed E-state index contributed by atoms with van der Waals surface area (Å²) in [5.41, 5.74) is 8.94. The second-order valence-electron chi connectivity index (χ2n) is 4.86. The zero-order valence-electron chi connectivity index (χ0n) is 12.7. The number of rotatable bonds is 8. The van der Waals surface area contributed by atoms with E-state index in [2.05, 4.69) is 30.7 Å². The number of hydrogen-bond donors (Lipinski definition) is 1. The molecule has 108 valence electrons. The maximum atomic E-state index is 5.75. The number of nitrogens with two attached hydrogens (primary N) is 1. The van der Waals surface area contributed by atoms with Crippen molar-refractivity contribution in [3.8, 4) is 0 Å². The van der Waals surface area contributed by atoms with Gasteiger partial charge in [-0.3, -0.25) is 0 Å². The van der Waals surface area contributed by atoms with Crippen LogP contribution >= 0.6 is 0 Å². The van der Waals surface area contributed by atoms with Crippen molar-refractivity contribution in [1.82, 2.24) is 9.97 Å². The van der Waals surface area contributed by atoms with E-state index in [9.17, 15) is 0 Å². The minimum atomic E-state index is 0.0240. The van der Waals surface area contributed by atoms with E-state index >= 15 is 0 Å². The summed E-state index contributed by atoms with van der Waals surface area (Å²) >= 11 is 0. The van der Waals surface area contributed by atoms with Crippen LogP contribution in [0.3, 0.4) is 0 Å². The van der Waals surface area contributed by atoms with Crippen molar-refractivity contribution in [2.75, 3.05) is 13.2 Å².